The summed E-state index contributed by atoms with van der Waals surface area (Å²) in [5, 5.41) is 17.8. The van der Waals surface area contributed by atoms with Crippen LogP contribution in [0.5, 0.6) is 0 Å². The number of hydrogen-bond donors (Lipinski definition) is 1. The third kappa shape index (κ3) is 6.15. The van der Waals surface area contributed by atoms with Gasteiger partial charge in [0, 0.05) is 0 Å². The second-order valence-electron chi connectivity index (χ2n) is 7.91. The first kappa shape index (κ1) is 23.7. The van der Waals surface area contributed by atoms with Gasteiger partial charge in [0.05, 0.1) is 42.0 Å². The van der Waals surface area contributed by atoms with Crippen molar-refractivity contribution in [1.29, 1.82) is 0 Å². The summed E-state index contributed by atoms with van der Waals surface area (Å²) in [5.74, 6) is -0.867. The van der Waals surface area contributed by atoms with Gasteiger partial charge in [-0.3, -0.25) is 0 Å². The molecule has 2 aromatic carbocycles. The molecule has 13 nitrogen and oxygen atoms in total. The lowest BCUT2D eigenvalue weighted by atomic mass is 10.2. The Morgan fingerprint density at radius 2 is 1.32 bits per heavy atom. The Hall–Kier alpha value is -5.04. The molecule has 3 heterocycles. The Bertz CT molecular complexity index is 1390. The van der Waals surface area contributed by atoms with Crippen molar-refractivity contribution < 1.29 is 24.0 Å². The Morgan fingerprint density at radius 3 is 1.92 bits per heavy atom. The van der Waals surface area contributed by atoms with Gasteiger partial charge in [-0.2, -0.15) is 4.94 Å². The smallest absolute Gasteiger partial charge is 0.338 e. The molecule has 0 aliphatic carbocycles. The first-order valence-corrected chi connectivity index (χ1v) is 11.3. The molecule has 0 radical (unpaired) electrons. The zero-order chi connectivity index (χ0) is 25.5. The number of carbonyl (C=O) groups is 2. The number of hydrogen-bond acceptors (Lipinski definition) is 11. The highest BCUT2D eigenvalue weighted by atomic mass is 16.8. The summed E-state index contributed by atoms with van der Waals surface area (Å²) in [6.07, 6.45) is 5.02. The molecule has 0 atom stereocenters. The van der Waals surface area contributed by atoms with Crippen LogP contribution in [0.15, 0.2) is 85.0 Å². The second-order valence-corrected chi connectivity index (χ2v) is 7.91. The lowest BCUT2D eigenvalue weighted by molar-refractivity contribution is -0.173. The molecule has 0 spiro atoms. The van der Waals surface area contributed by atoms with Crippen LogP contribution in [0.25, 0.3) is 0 Å². The predicted octanol–water partition coefficient (Wildman–Crippen LogP) is 1.83. The fourth-order valence-corrected chi connectivity index (χ4v) is 3.38. The molecule has 4 aromatic rings. The van der Waals surface area contributed by atoms with Crippen molar-refractivity contribution in [2.75, 3.05) is 0 Å². The highest BCUT2D eigenvalue weighted by molar-refractivity contribution is 5.89. The molecule has 5 rings (SSSR count). The van der Waals surface area contributed by atoms with E-state index in [1.807, 2.05) is 12.1 Å². The lowest BCUT2D eigenvalue weighted by Crippen LogP contribution is -2.26. The van der Waals surface area contributed by atoms with Crippen LogP contribution in [-0.2, 0) is 40.8 Å². The molecule has 1 aliphatic heterocycles. The Kier molecular flexibility index (Phi) is 7.13. The molecule has 0 saturated carbocycles. The Labute approximate surface area is 210 Å². The molecule has 0 amide bonds. The minimum Gasteiger partial charge on any atom is -0.455 e. The molecule has 0 fully saturated rings. The van der Waals surface area contributed by atoms with Crippen molar-refractivity contribution in [3.05, 3.63) is 107 Å². The SMILES string of the molecule is O=C(OCc1cn(CC2=CNON2Cn2cc(COC(=O)c3ccccc3)nn2)nn1)c1ccccc1. The largest absolute Gasteiger partial charge is 0.455 e. The third-order valence-corrected chi connectivity index (χ3v) is 5.20. The van der Waals surface area contributed by atoms with E-state index in [0.717, 1.165) is 5.70 Å². The second kappa shape index (κ2) is 11.1. The number of hydroxylamine groups is 3. The fraction of sp³-hybridized carbons (Fsp3) is 0.167. The molecular formula is C24H22N8O5. The van der Waals surface area contributed by atoms with E-state index < -0.39 is 11.9 Å². The van der Waals surface area contributed by atoms with Gasteiger partial charge in [0.1, 0.15) is 31.3 Å². The lowest BCUT2D eigenvalue weighted by Gasteiger charge is -2.18. The van der Waals surface area contributed by atoms with Gasteiger partial charge in [0.25, 0.3) is 0 Å². The molecule has 1 aliphatic rings. The summed E-state index contributed by atoms with van der Waals surface area (Å²) in [7, 11) is 0. The summed E-state index contributed by atoms with van der Waals surface area (Å²) >= 11 is 0. The van der Waals surface area contributed by atoms with Crippen molar-refractivity contribution in [2.45, 2.75) is 26.4 Å². The maximum absolute atomic E-state index is 12.1. The highest BCUT2D eigenvalue weighted by Crippen LogP contribution is 2.14. The third-order valence-electron chi connectivity index (χ3n) is 5.20. The average molecular weight is 502 g/mol. The maximum atomic E-state index is 12.1. The van der Waals surface area contributed by atoms with Crippen LogP contribution in [0.3, 0.4) is 0 Å². The van der Waals surface area contributed by atoms with Crippen molar-refractivity contribution in [2.24, 2.45) is 0 Å². The van der Waals surface area contributed by atoms with Gasteiger partial charge in [-0.15, -0.1) is 10.2 Å². The summed E-state index contributed by atoms with van der Waals surface area (Å²) < 4.78 is 13.7. The van der Waals surface area contributed by atoms with Crippen molar-refractivity contribution in [3.8, 4) is 0 Å². The summed E-state index contributed by atoms with van der Waals surface area (Å²) in [4.78, 5) is 29.6. The topological polar surface area (TPSA) is 139 Å². The van der Waals surface area contributed by atoms with E-state index in [0.29, 0.717) is 29.1 Å². The molecule has 0 saturated heterocycles. The fourth-order valence-electron chi connectivity index (χ4n) is 3.38. The average Bonchev–Trinajstić information content (AvgIpc) is 3.69. The van der Waals surface area contributed by atoms with E-state index in [2.05, 4.69) is 26.1 Å². The van der Waals surface area contributed by atoms with Crippen molar-refractivity contribution in [3.63, 3.8) is 0 Å². The number of nitrogens with zero attached hydrogens (tertiary/aromatic N) is 7. The van der Waals surface area contributed by atoms with Crippen LogP contribution in [0.1, 0.15) is 32.1 Å². The van der Waals surface area contributed by atoms with Crippen molar-refractivity contribution >= 4 is 11.9 Å². The number of rotatable bonds is 10. The minimum absolute atomic E-state index is 0.00180. The first-order valence-electron chi connectivity index (χ1n) is 11.3. The van der Waals surface area contributed by atoms with E-state index in [1.165, 1.54) is 0 Å². The number of esters is 2. The van der Waals surface area contributed by atoms with E-state index in [9.17, 15) is 9.59 Å². The molecular weight excluding hydrogens is 480 g/mol. The monoisotopic (exact) mass is 502 g/mol. The Balaban J connectivity index is 1.10. The standard InChI is InChI=1S/C24H22N8O5/c33-23(18-7-3-1-4-8-18)35-15-20-12-30(28-26-20)14-22-11-25-37-32(22)17-31-13-21(27-29-31)16-36-24(34)19-9-5-2-6-10-19/h1-13,25H,14-17H2. The minimum atomic E-state index is -0.436. The normalized spacial score (nSPS) is 12.6. The van der Waals surface area contributed by atoms with Crippen LogP contribution < -0.4 is 5.48 Å². The molecule has 188 valence electrons. The predicted molar refractivity (Wildman–Crippen MR) is 125 cm³/mol. The van der Waals surface area contributed by atoms with E-state index in [1.54, 1.807) is 81.6 Å². The molecule has 0 unspecified atom stereocenters. The van der Waals surface area contributed by atoms with E-state index in [-0.39, 0.29) is 19.9 Å². The van der Waals surface area contributed by atoms with E-state index >= 15 is 0 Å². The van der Waals surface area contributed by atoms with Gasteiger partial charge in [-0.05, 0) is 24.3 Å². The zero-order valence-electron chi connectivity index (χ0n) is 19.5. The van der Waals surface area contributed by atoms with Crippen LogP contribution in [0.2, 0.25) is 0 Å². The molecule has 2 aromatic heterocycles. The zero-order valence-corrected chi connectivity index (χ0v) is 19.5. The quantitative estimate of drug-likeness (QED) is 0.318. The first-order chi connectivity index (χ1) is 18.1. The van der Waals surface area contributed by atoms with Crippen LogP contribution >= 0.6 is 0 Å². The number of nitrogens with one attached hydrogen (secondary N) is 1. The van der Waals surface area contributed by atoms with Gasteiger partial charge in [0.15, 0.2) is 0 Å². The maximum Gasteiger partial charge on any atom is 0.338 e. The number of ether oxygens (including phenoxy) is 2. The van der Waals surface area contributed by atoms with E-state index in [4.69, 9.17) is 14.4 Å². The number of benzene rings is 2. The van der Waals surface area contributed by atoms with Gasteiger partial charge >= 0.3 is 11.9 Å². The van der Waals surface area contributed by atoms with Crippen molar-refractivity contribution in [1.82, 2.24) is 40.5 Å². The van der Waals surface area contributed by atoms with Crippen LogP contribution in [-0.4, -0.2) is 47.0 Å². The Morgan fingerprint density at radius 1 is 0.784 bits per heavy atom. The molecule has 37 heavy (non-hydrogen) atoms. The van der Waals surface area contributed by atoms with Gasteiger partial charge in [-0.1, -0.05) is 46.8 Å². The van der Waals surface area contributed by atoms with Gasteiger partial charge in [-0.25, -0.2) is 29.5 Å². The van der Waals surface area contributed by atoms with Crippen LogP contribution in [0.4, 0.5) is 0 Å². The molecule has 0 bridgehead atoms. The molecule has 13 heteroatoms. The highest BCUT2D eigenvalue weighted by Gasteiger charge is 2.20. The summed E-state index contributed by atoms with van der Waals surface area (Å²) in [6, 6.07) is 17.5. The number of aromatic nitrogens is 6. The summed E-state index contributed by atoms with van der Waals surface area (Å²) in [6.45, 7) is 0.547. The number of carbonyl (C=O) groups excluding carboxylic acids is 2. The van der Waals surface area contributed by atoms with Crippen LogP contribution in [0, 0.1) is 0 Å². The van der Waals surface area contributed by atoms with Gasteiger partial charge < -0.3 is 9.47 Å². The molecule has 1 N–H and O–H groups in total. The number of allylic oxidation sites excluding steroid dienone is 1. The summed E-state index contributed by atoms with van der Waals surface area (Å²) in [5.41, 5.74) is 5.37. The van der Waals surface area contributed by atoms with Gasteiger partial charge in [0.2, 0.25) is 0 Å².